The summed E-state index contributed by atoms with van der Waals surface area (Å²) in [6.45, 7) is 1.70. The molecule has 1 aliphatic heterocycles. The molecular formula is C14H17N3O5. The Bertz CT molecular complexity index is 660. The molecule has 0 amide bonds. The molecule has 1 saturated carbocycles. The van der Waals surface area contributed by atoms with Gasteiger partial charge in [-0.3, -0.25) is 20.2 Å². The summed E-state index contributed by atoms with van der Waals surface area (Å²) in [6, 6.07) is 1.41. The van der Waals surface area contributed by atoms with Crippen molar-refractivity contribution in [3.8, 4) is 0 Å². The van der Waals surface area contributed by atoms with Gasteiger partial charge in [0.15, 0.2) is 5.69 Å². The Morgan fingerprint density at radius 2 is 2.05 bits per heavy atom. The molecule has 2 unspecified atom stereocenters. The molecule has 8 nitrogen and oxygen atoms in total. The van der Waals surface area contributed by atoms with Crippen molar-refractivity contribution in [3.05, 3.63) is 37.4 Å². The molecule has 3 rings (SSSR count). The number of hydrogen-bond acceptors (Lipinski definition) is 6. The van der Waals surface area contributed by atoms with Gasteiger partial charge in [-0.05, 0) is 37.7 Å². The van der Waals surface area contributed by atoms with E-state index in [9.17, 15) is 25.3 Å². The summed E-state index contributed by atoms with van der Waals surface area (Å²) < 4.78 is 0. The molecule has 1 aromatic rings. The Balaban J connectivity index is 2.23. The van der Waals surface area contributed by atoms with E-state index in [0.29, 0.717) is 18.0 Å². The van der Waals surface area contributed by atoms with Crippen LogP contribution >= 0.6 is 0 Å². The van der Waals surface area contributed by atoms with Gasteiger partial charge in [0.05, 0.1) is 16.5 Å². The van der Waals surface area contributed by atoms with E-state index < -0.39 is 16.5 Å². The zero-order valence-electron chi connectivity index (χ0n) is 12.2. The van der Waals surface area contributed by atoms with Gasteiger partial charge in [0.25, 0.3) is 5.69 Å². The van der Waals surface area contributed by atoms with Gasteiger partial charge in [0.2, 0.25) is 0 Å². The number of anilines is 1. The lowest BCUT2D eigenvalue weighted by atomic mass is 10.0. The minimum Gasteiger partial charge on any atom is -0.392 e. The second-order valence-electron chi connectivity index (χ2n) is 6.03. The van der Waals surface area contributed by atoms with E-state index in [0.717, 1.165) is 19.3 Å². The molecule has 2 aliphatic rings. The van der Waals surface area contributed by atoms with Crippen molar-refractivity contribution >= 4 is 17.1 Å². The number of hydrogen-bond donors (Lipinski definition) is 1. The number of benzene rings is 1. The Morgan fingerprint density at radius 1 is 1.32 bits per heavy atom. The highest BCUT2D eigenvalue weighted by Crippen LogP contribution is 2.48. The lowest BCUT2D eigenvalue weighted by Crippen LogP contribution is -2.33. The zero-order chi connectivity index (χ0) is 16.0. The van der Waals surface area contributed by atoms with E-state index in [1.54, 1.807) is 0 Å². The van der Waals surface area contributed by atoms with Crippen molar-refractivity contribution in [2.24, 2.45) is 5.92 Å². The molecule has 2 bridgehead atoms. The van der Waals surface area contributed by atoms with Gasteiger partial charge in [-0.2, -0.15) is 0 Å². The van der Waals surface area contributed by atoms with Gasteiger partial charge in [-0.25, -0.2) is 0 Å². The number of nitro benzene ring substituents is 2. The molecule has 22 heavy (non-hydrogen) atoms. The van der Waals surface area contributed by atoms with Crippen LogP contribution in [0.1, 0.15) is 30.4 Å². The average Bonchev–Trinajstić information content (AvgIpc) is 3.08. The first-order chi connectivity index (χ1) is 10.4. The Labute approximate surface area is 126 Å². The molecule has 0 aromatic heterocycles. The van der Waals surface area contributed by atoms with Crippen LogP contribution in [0, 0.1) is 33.1 Å². The highest BCUT2D eigenvalue weighted by Gasteiger charge is 2.44. The monoisotopic (exact) mass is 307 g/mol. The molecule has 118 valence electrons. The van der Waals surface area contributed by atoms with Crippen molar-refractivity contribution in [2.75, 3.05) is 11.4 Å². The third kappa shape index (κ3) is 2.10. The number of aliphatic hydroxyl groups excluding tert-OH is 1. The summed E-state index contributed by atoms with van der Waals surface area (Å²) in [5.41, 5.74) is 0.110. The summed E-state index contributed by atoms with van der Waals surface area (Å²) in [4.78, 5) is 23.6. The van der Waals surface area contributed by atoms with E-state index in [-0.39, 0.29) is 28.7 Å². The summed E-state index contributed by atoms with van der Waals surface area (Å²) in [6.07, 6.45) is 2.94. The van der Waals surface area contributed by atoms with Gasteiger partial charge in [-0.1, -0.05) is 0 Å². The van der Waals surface area contributed by atoms with Crippen LogP contribution < -0.4 is 4.90 Å². The zero-order valence-corrected chi connectivity index (χ0v) is 12.2. The highest BCUT2D eigenvalue weighted by atomic mass is 16.6. The quantitative estimate of drug-likeness (QED) is 0.675. The predicted octanol–water partition coefficient (Wildman–Crippen LogP) is 2.29. The van der Waals surface area contributed by atoms with E-state index in [1.807, 2.05) is 4.90 Å². The van der Waals surface area contributed by atoms with Crippen LogP contribution in [0.4, 0.5) is 17.1 Å². The number of nitro groups is 2. The molecule has 8 heteroatoms. The van der Waals surface area contributed by atoms with Crippen LogP contribution in [0.5, 0.6) is 0 Å². The standard InChI is InChI=1S/C14H17N3O5/c1-8-10(7-18)5-12(16(19)20)14(13(8)17(21)22)15-6-9-2-3-11(15)4-9/h5,9,11,18H,2-4,6-7H2,1H3. The lowest BCUT2D eigenvalue weighted by molar-refractivity contribution is -0.393. The fourth-order valence-electron chi connectivity index (χ4n) is 3.80. The maximum absolute atomic E-state index is 11.5. The SMILES string of the molecule is Cc1c(CO)cc([N+](=O)[O-])c(N2CC3CCC2C3)c1[N+](=O)[O-]. The minimum atomic E-state index is -0.590. The van der Waals surface area contributed by atoms with Crippen LogP contribution in [0.2, 0.25) is 0 Å². The third-order valence-corrected chi connectivity index (χ3v) is 4.86. The van der Waals surface area contributed by atoms with Gasteiger partial charge in [-0.15, -0.1) is 0 Å². The molecule has 0 radical (unpaired) electrons. The van der Waals surface area contributed by atoms with Gasteiger partial charge < -0.3 is 10.0 Å². The Hall–Kier alpha value is -2.22. The topological polar surface area (TPSA) is 110 Å². The number of piperidine rings is 1. The van der Waals surface area contributed by atoms with Crippen molar-refractivity contribution in [2.45, 2.75) is 38.8 Å². The van der Waals surface area contributed by atoms with Crippen molar-refractivity contribution in [3.63, 3.8) is 0 Å². The van der Waals surface area contributed by atoms with Gasteiger partial charge >= 0.3 is 5.69 Å². The molecule has 1 heterocycles. The number of rotatable bonds is 4. The van der Waals surface area contributed by atoms with Crippen LogP contribution in [0.15, 0.2) is 6.07 Å². The fraction of sp³-hybridized carbons (Fsp3) is 0.571. The molecule has 2 atom stereocenters. The van der Waals surface area contributed by atoms with Crippen LogP contribution in [0.3, 0.4) is 0 Å². The normalized spacial score (nSPS) is 23.1. The number of fused-ring (bicyclic) bond motifs is 2. The Morgan fingerprint density at radius 3 is 2.50 bits per heavy atom. The lowest BCUT2D eigenvalue weighted by Gasteiger charge is -2.29. The first-order valence-electron chi connectivity index (χ1n) is 7.26. The van der Waals surface area contributed by atoms with Gasteiger partial charge in [0, 0.05) is 24.2 Å². The van der Waals surface area contributed by atoms with E-state index in [4.69, 9.17) is 0 Å². The smallest absolute Gasteiger partial charge is 0.302 e. The first-order valence-corrected chi connectivity index (χ1v) is 7.26. The summed E-state index contributed by atoms with van der Waals surface area (Å²) in [5.74, 6) is 0.460. The predicted molar refractivity (Wildman–Crippen MR) is 78.9 cm³/mol. The Kier molecular flexibility index (Phi) is 3.48. The highest BCUT2D eigenvalue weighted by molar-refractivity contribution is 5.79. The van der Waals surface area contributed by atoms with Crippen LogP contribution in [-0.4, -0.2) is 27.5 Å². The molecule has 2 fully saturated rings. The fourth-order valence-corrected chi connectivity index (χ4v) is 3.80. The molecule has 1 aliphatic carbocycles. The van der Waals surface area contributed by atoms with E-state index >= 15 is 0 Å². The van der Waals surface area contributed by atoms with Crippen molar-refractivity contribution in [1.29, 1.82) is 0 Å². The largest absolute Gasteiger partial charge is 0.392 e. The van der Waals surface area contributed by atoms with E-state index in [1.165, 1.54) is 13.0 Å². The number of aliphatic hydroxyl groups is 1. The summed E-state index contributed by atoms with van der Waals surface area (Å²) in [7, 11) is 0. The first kappa shape index (κ1) is 14.7. The number of nitrogens with zero attached hydrogens (tertiary/aromatic N) is 3. The summed E-state index contributed by atoms with van der Waals surface area (Å²) >= 11 is 0. The second-order valence-corrected chi connectivity index (χ2v) is 6.03. The molecule has 0 spiro atoms. The molecule has 1 saturated heterocycles. The maximum Gasteiger partial charge on any atom is 0.302 e. The van der Waals surface area contributed by atoms with Crippen LogP contribution in [-0.2, 0) is 6.61 Å². The summed E-state index contributed by atoms with van der Waals surface area (Å²) in [5, 5.41) is 32.3. The second kappa shape index (κ2) is 5.20. The van der Waals surface area contributed by atoms with Crippen molar-refractivity contribution in [1.82, 2.24) is 0 Å². The van der Waals surface area contributed by atoms with E-state index in [2.05, 4.69) is 0 Å². The average molecular weight is 307 g/mol. The van der Waals surface area contributed by atoms with Crippen LogP contribution in [0.25, 0.3) is 0 Å². The minimum absolute atomic E-state index is 0.108. The molecule has 1 N–H and O–H groups in total. The third-order valence-electron chi connectivity index (χ3n) is 4.86. The maximum atomic E-state index is 11.5. The van der Waals surface area contributed by atoms with Crippen molar-refractivity contribution < 1.29 is 15.0 Å². The molecular weight excluding hydrogens is 290 g/mol. The van der Waals surface area contributed by atoms with Gasteiger partial charge in [0.1, 0.15) is 0 Å². The molecule has 1 aromatic carbocycles.